The summed E-state index contributed by atoms with van der Waals surface area (Å²) in [4.78, 5) is 68.5. The Morgan fingerprint density at radius 3 is 2.03 bits per heavy atom. The van der Waals surface area contributed by atoms with E-state index in [0.717, 1.165) is 6.92 Å². The highest BCUT2D eigenvalue weighted by atomic mass is 32.2. The highest BCUT2D eigenvalue weighted by Gasteiger charge is 2.44. The molecule has 0 fully saturated rings. The zero-order chi connectivity index (χ0) is 23.6. The van der Waals surface area contributed by atoms with Crippen LogP contribution in [0.5, 0.6) is 0 Å². The van der Waals surface area contributed by atoms with Crippen LogP contribution < -0.4 is 16.4 Å². The largest absolute Gasteiger partial charge is 0.481 e. The first-order valence-electron chi connectivity index (χ1n) is 8.59. The molecule has 13 nitrogen and oxygen atoms in total. The fourth-order valence-electron chi connectivity index (χ4n) is 2.01. The zero-order valence-corrected chi connectivity index (χ0v) is 17.1. The summed E-state index contributed by atoms with van der Waals surface area (Å²) in [6.45, 7) is 1.56. The van der Waals surface area contributed by atoms with Gasteiger partial charge in [0.1, 0.15) is 23.4 Å². The van der Waals surface area contributed by atoms with Crippen LogP contribution in [-0.2, 0) is 28.8 Å². The minimum Gasteiger partial charge on any atom is -0.481 e. The molecule has 0 radical (unpaired) electrons. The molecule has 8 N–H and O–H groups in total. The van der Waals surface area contributed by atoms with Crippen LogP contribution in [0.25, 0.3) is 0 Å². The van der Waals surface area contributed by atoms with Crippen molar-refractivity contribution in [3.05, 3.63) is 0 Å². The van der Waals surface area contributed by atoms with Gasteiger partial charge in [-0.3, -0.25) is 28.8 Å². The van der Waals surface area contributed by atoms with E-state index in [4.69, 9.17) is 21.1 Å². The van der Waals surface area contributed by atoms with Gasteiger partial charge >= 0.3 is 23.9 Å². The third-order valence-corrected chi connectivity index (χ3v) is 5.86. The van der Waals surface area contributed by atoms with Gasteiger partial charge in [-0.15, -0.1) is 11.8 Å². The monoisotopic (exact) mass is 451 g/mol. The molecule has 30 heavy (non-hydrogen) atoms. The molecule has 0 spiro atoms. The molecule has 0 aliphatic heterocycles. The van der Waals surface area contributed by atoms with Crippen molar-refractivity contribution in [1.82, 2.24) is 10.6 Å². The van der Waals surface area contributed by atoms with E-state index >= 15 is 0 Å². The molecule has 4 atom stereocenters. The van der Waals surface area contributed by atoms with E-state index in [1.54, 1.807) is 0 Å². The summed E-state index contributed by atoms with van der Waals surface area (Å²) in [6.07, 6.45) is -0.594. The van der Waals surface area contributed by atoms with Crippen LogP contribution in [0.15, 0.2) is 0 Å². The molecule has 2 unspecified atom stereocenters. The first kappa shape index (κ1) is 27.1. The lowest BCUT2D eigenvalue weighted by molar-refractivity contribution is -0.150. The number of thioether (sulfide) groups is 1. The highest BCUT2D eigenvalue weighted by Crippen LogP contribution is 2.34. The average Bonchev–Trinajstić information content (AvgIpc) is 2.65. The lowest BCUT2D eigenvalue weighted by atomic mass is 9.95. The van der Waals surface area contributed by atoms with Gasteiger partial charge in [-0.25, -0.2) is 0 Å². The summed E-state index contributed by atoms with van der Waals surface area (Å²) in [5.41, 5.74) is 5.30. The normalized spacial score (nSPS) is 15.7. The van der Waals surface area contributed by atoms with Crippen LogP contribution in [0, 0.1) is 5.92 Å². The number of carbonyl (C=O) groups is 6. The molecular formula is C16H25N3O10S. The fraction of sp³-hybridized carbons (Fsp3) is 0.625. The standard InChI is InChI=1S/C16H25N3O10S/c1-7(13(24)25)16(2,15(28)29)30-6-9(12(23)18-5-11(21)22)19-10(20)4-3-8(17)14(26)27/h7-9H,3-6,17H2,1-2H3,(H,18,23)(H,19,20)(H,21,22)(H,24,25)(H,26,27)(H,28,29)/t7?,8-,9-,16?/m0/s1. The van der Waals surface area contributed by atoms with Crippen LogP contribution in [0.3, 0.4) is 0 Å². The molecule has 0 aliphatic carbocycles. The first-order valence-corrected chi connectivity index (χ1v) is 9.58. The lowest BCUT2D eigenvalue weighted by Crippen LogP contribution is -2.51. The number of rotatable bonds is 14. The average molecular weight is 451 g/mol. The molecule has 0 aliphatic rings. The van der Waals surface area contributed by atoms with Crippen LogP contribution >= 0.6 is 11.8 Å². The molecule has 0 saturated heterocycles. The minimum atomic E-state index is -1.85. The maximum absolute atomic E-state index is 12.2. The van der Waals surface area contributed by atoms with E-state index in [1.807, 2.05) is 5.32 Å². The molecule has 0 saturated carbocycles. The molecule has 0 bridgehead atoms. The molecule has 0 aromatic heterocycles. The van der Waals surface area contributed by atoms with Gasteiger partial charge in [-0.1, -0.05) is 0 Å². The number of aliphatic carboxylic acids is 4. The Morgan fingerprint density at radius 2 is 1.60 bits per heavy atom. The van der Waals surface area contributed by atoms with Crippen LogP contribution in [0.2, 0.25) is 0 Å². The van der Waals surface area contributed by atoms with Crippen molar-refractivity contribution in [3.8, 4) is 0 Å². The highest BCUT2D eigenvalue weighted by molar-refractivity contribution is 8.01. The topological polar surface area (TPSA) is 233 Å². The summed E-state index contributed by atoms with van der Waals surface area (Å²) in [6, 6.07) is -2.71. The van der Waals surface area contributed by atoms with E-state index in [1.165, 1.54) is 6.92 Å². The number of carboxylic acids is 4. The number of nitrogens with one attached hydrogen (secondary N) is 2. The van der Waals surface area contributed by atoms with Gasteiger partial charge in [-0.05, 0) is 20.3 Å². The summed E-state index contributed by atoms with van der Waals surface area (Å²) in [7, 11) is 0. The second kappa shape index (κ2) is 12.0. The Balaban J connectivity index is 5.33. The first-order chi connectivity index (χ1) is 13.7. The Kier molecular flexibility index (Phi) is 10.8. The molecule has 0 rings (SSSR count). The maximum Gasteiger partial charge on any atom is 0.322 e. The smallest absolute Gasteiger partial charge is 0.322 e. The van der Waals surface area contributed by atoms with Gasteiger partial charge in [0.2, 0.25) is 11.8 Å². The van der Waals surface area contributed by atoms with E-state index in [0.29, 0.717) is 11.8 Å². The number of amides is 2. The minimum absolute atomic E-state index is 0.235. The van der Waals surface area contributed by atoms with Crippen molar-refractivity contribution in [2.45, 2.75) is 43.5 Å². The Bertz CT molecular complexity index is 701. The quantitative estimate of drug-likeness (QED) is 0.154. The van der Waals surface area contributed by atoms with Crippen molar-refractivity contribution in [2.24, 2.45) is 11.7 Å². The van der Waals surface area contributed by atoms with Crippen molar-refractivity contribution in [2.75, 3.05) is 12.3 Å². The van der Waals surface area contributed by atoms with Gasteiger partial charge in [0, 0.05) is 12.2 Å². The maximum atomic E-state index is 12.2. The molecule has 2 amide bonds. The number of hydrogen-bond donors (Lipinski definition) is 7. The molecule has 0 aromatic rings. The van der Waals surface area contributed by atoms with Crippen molar-refractivity contribution in [1.29, 1.82) is 0 Å². The van der Waals surface area contributed by atoms with Crippen molar-refractivity contribution >= 4 is 47.5 Å². The molecule has 170 valence electrons. The predicted octanol–water partition coefficient (Wildman–Crippen LogP) is -1.84. The Hall–Kier alpha value is -2.87. The predicted molar refractivity (Wildman–Crippen MR) is 103 cm³/mol. The van der Waals surface area contributed by atoms with E-state index in [2.05, 4.69) is 5.32 Å². The van der Waals surface area contributed by atoms with E-state index < -0.39 is 65.0 Å². The lowest BCUT2D eigenvalue weighted by Gasteiger charge is -2.30. The molecule has 14 heteroatoms. The van der Waals surface area contributed by atoms with Crippen LogP contribution in [-0.4, -0.2) is 85.2 Å². The van der Waals surface area contributed by atoms with Crippen molar-refractivity contribution < 1.29 is 49.2 Å². The second-order valence-electron chi connectivity index (χ2n) is 6.50. The second-order valence-corrected chi connectivity index (χ2v) is 7.97. The number of nitrogens with two attached hydrogens (primary N) is 1. The Morgan fingerprint density at radius 1 is 1.03 bits per heavy atom. The molecular weight excluding hydrogens is 426 g/mol. The summed E-state index contributed by atoms with van der Waals surface area (Å²) >= 11 is 0.588. The number of carboxylic acid groups (broad SMARTS) is 4. The van der Waals surface area contributed by atoms with Gasteiger partial charge in [0.05, 0.1) is 5.92 Å². The molecule has 0 aromatic carbocycles. The summed E-state index contributed by atoms with van der Waals surface area (Å²) in [5, 5.41) is 40.3. The van der Waals surface area contributed by atoms with Crippen LogP contribution in [0.1, 0.15) is 26.7 Å². The third kappa shape index (κ3) is 8.65. The van der Waals surface area contributed by atoms with Crippen LogP contribution in [0.4, 0.5) is 0 Å². The third-order valence-electron chi connectivity index (χ3n) is 4.24. The van der Waals surface area contributed by atoms with Gasteiger partial charge in [0.15, 0.2) is 0 Å². The summed E-state index contributed by atoms with van der Waals surface area (Å²) in [5.74, 6) is -8.97. The Labute approximate surface area is 175 Å². The van der Waals surface area contributed by atoms with E-state index in [9.17, 15) is 33.9 Å². The number of hydrogen-bond acceptors (Lipinski definition) is 8. The molecule has 0 heterocycles. The summed E-state index contributed by atoms with van der Waals surface area (Å²) < 4.78 is -1.85. The SMILES string of the molecule is CC(C(=O)O)C(C)(SC[C@H](NC(=O)CC[C@H](N)C(=O)O)C(=O)NCC(=O)O)C(=O)O. The van der Waals surface area contributed by atoms with Crippen molar-refractivity contribution in [3.63, 3.8) is 0 Å². The number of carbonyl (C=O) groups excluding carboxylic acids is 2. The van der Waals surface area contributed by atoms with E-state index in [-0.39, 0.29) is 18.6 Å². The van der Waals surface area contributed by atoms with Gasteiger partial charge < -0.3 is 36.8 Å². The van der Waals surface area contributed by atoms with Gasteiger partial charge in [0.25, 0.3) is 0 Å². The zero-order valence-electron chi connectivity index (χ0n) is 16.3. The van der Waals surface area contributed by atoms with Gasteiger partial charge in [-0.2, -0.15) is 0 Å². The fourth-order valence-corrected chi connectivity index (χ4v) is 3.23.